The van der Waals surface area contributed by atoms with E-state index in [4.69, 9.17) is 4.74 Å². The quantitative estimate of drug-likeness (QED) is 0.456. The van der Waals surface area contributed by atoms with Crippen LogP contribution in [0.3, 0.4) is 0 Å². The molecule has 1 amide bonds. The topological polar surface area (TPSA) is 71.9 Å². The number of benzene rings is 3. The number of nitrogens with zero attached hydrogens (tertiary/aromatic N) is 3. The third-order valence-corrected chi connectivity index (χ3v) is 6.72. The van der Waals surface area contributed by atoms with Crippen molar-refractivity contribution in [3.8, 4) is 0 Å². The Morgan fingerprint density at radius 2 is 1.31 bits per heavy atom. The van der Waals surface area contributed by atoms with Gasteiger partial charge in [0, 0.05) is 30.4 Å². The Hall–Kier alpha value is -4.58. The van der Waals surface area contributed by atoms with E-state index in [1.165, 1.54) is 11.9 Å². The summed E-state index contributed by atoms with van der Waals surface area (Å²) in [4.78, 5) is 32.0. The predicted molar refractivity (Wildman–Crippen MR) is 130 cm³/mol. The number of ketones is 1. The first-order chi connectivity index (χ1) is 17.1. The van der Waals surface area contributed by atoms with Gasteiger partial charge >= 0.3 is 0 Å². The van der Waals surface area contributed by atoms with Gasteiger partial charge in [-0.2, -0.15) is 5.01 Å². The molecule has 1 aliphatic carbocycles. The third kappa shape index (κ3) is 2.77. The van der Waals surface area contributed by atoms with E-state index in [-0.39, 0.29) is 11.7 Å². The van der Waals surface area contributed by atoms with Crippen LogP contribution in [0.5, 0.6) is 0 Å². The molecule has 6 nitrogen and oxygen atoms in total. The van der Waals surface area contributed by atoms with E-state index in [0.29, 0.717) is 11.1 Å². The smallest absolute Gasteiger partial charge is 0.293 e. The lowest BCUT2D eigenvalue weighted by Crippen LogP contribution is -2.52. The minimum absolute atomic E-state index is 0.197. The van der Waals surface area contributed by atoms with Crippen molar-refractivity contribution in [2.24, 2.45) is 5.10 Å². The molecule has 0 saturated heterocycles. The molecule has 1 spiro atoms. The van der Waals surface area contributed by atoms with Gasteiger partial charge in [-0.05, 0) is 28.8 Å². The summed E-state index contributed by atoms with van der Waals surface area (Å²) in [5, 5.41) is 5.72. The summed E-state index contributed by atoms with van der Waals surface area (Å²) in [5.74, 6) is -0.483. The largest absolute Gasteiger partial charge is 0.435 e. The van der Waals surface area contributed by atoms with E-state index in [0.717, 1.165) is 16.7 Å². The van der Waals surface area contributed by atoms with Crippen LogP contribution in [-0.2, 0) is 25.5 Å². The van der Waals surface area contributed by atoms with Crippen molar-refractivity contribution in [2.75, 3.05) is 0 Å². The van der Waals surface area contributed by atoms with Crippen molar-refractivity contribution in [3.63, 3.8) is 0 Å². The fraction of sp³-hybridized carbons (Fsp3) is 0.103. The summed E-state index contributed by atoms with van der Waals surface area (Å²) in [6, 6.07) is 30.3. The first-order valence-electron chi connectivity index (χ1n) is 11.3. The predicted octanol–water partition coefficient (Wildman–Crippen LogP) is 4.39. The number of ether oxygens (including phenoxy) is 1. The monoisotopic (exact) mass is 459 g/mol. The van der Waals surface area contributed by atoms with Crippen molar-refractivity contribution in [1.82, 2.24) is 9.99 Å². The lowest BCUT2D eigenvalue weighted by Gasteiger charge is -2.34. The Balaban J connectivity index is 1.67. The van der Waals surface area contributed by atoms with Gasteiger partial charge in [0.05, 0.1) is 0 Å². The van der Waals surface area contributed by atoms with Crippen molar-refractivity contribution in [2.45, 2.75) is 18.1 Å². The summed E-state index contributed by atoms with van der Waals surface area (Å²) in [6.07, 6.45) is 3.24. The highest BCUT2D eigenvalue weighted by atomic mass is 16.6. The van der Waals surface area contributed by atoms with Crippen LogP contribution in [0.4, 0.5) is 0 Å². The van der Waals surface area contributed by atoms with E-state index in [1.807, 2.05) is 84.9 Å². The Morgan fingerprint density at radius 3 is 1.89 bits per heavy atom. The van der Waals surface area contributed by atoms with E-state index in [2.05, 4.69) is 10.1 Å². The lowest BCUT2D eigenvalue weighted by molar-refractivity contribution is -0.163. The Bertz CT molecular complexity index is 1430. The maximum Gasteiger partial charge on any atom is 0.293 e. The molecule has 6 rings (SSSR count). The zero-order valence-electron chi connectivity index (χ0n) is 19.0. The molecule has 2 aliphatic rings. The second-order valence-corrected chi connectivity index (χ2v) is 8.57. The van der Waals surface area contributed by atoms with Crippen LogP contribution in [0.2, 0.25) is 0 Å². The van der Waals surface area contributed by atoms with Gasteiger partial charge in [-0.25, -0.2) is 0 Å². The first kappa shape index (κ1) is 21.0. The highest BCUT2D eigenvalue weighted by molar-refractivity contribution is 6.12. The number of pyridine rings is 1. The molecular formula is C29H21N3O3. The van der Waals surface area contributed by atoms with Crippen LogP contribution in [-0.4, -0.2) is 27.6 Å². The van der Waals surface area contributed by atoms with Crippen molar-refractivity contribution < 1.29 is 14.3 Å². The van der Waals surface area contributed by atoms with Gasteiger partial charge < -0.3 is 4.74 Å². The second-order valence-electron chi connectivity index (χ2n) is 8.57. The fourth-order valence-corrected chi connectivity index (χ4v) is 5.30. The molecule has 6 heteroatoms. The number of fused-ring (bicyclic) bond motifs is 2. The number of hydrazone groups is 1. The molecule has 35 heavy (non-hydrogen) atoms. The molecule has 170 valence electrons. The first-order valence-corrected chi connectivity index (χ1v) is 11.3. The normalized spacial score (nSPS) is 19.9. The number of hydrogen-bond acceptors (Lipinski definition) is 5. The zero-order chi connectivity index (χ0) is 24.0. The molecule has 0 fully saturated rings. The highest BCUT2D eigenvalue weighted by Crippen LogP contribution is 2.57. The SMILES string of the molecule is CC(=O)N1N=C(c2ccncc2)OC12C(=O)C(c1ccccc1)(c1ccccc1)c1ccccc12. The summed E-state index contributed by atoms with van der Waals surface area (Å²) in [6.45, 7) is 1.39. The van der Waals surface area contributed by atoms with E-state index < -0.39 is 17.0 Å². The maximum atomic E-state index is 15.0. The zero-order valence-corrected chi connectivity index (χ0v) is 19.0. The lowest BCUT2D eigenvalue weighted by atomic mass is 9.69. The number of aromatic nitrogens is 1. The molecule has 3 aromatic carbocycles. The molecule has 0 radical (unpaired) electrons. The Labute approximate surface area is 202 Å². The van der Waals surface area contributed by atoms with Crippen molar-refractivity contribution >= 4 is 17.6 Å². The van der Waals surface area contributed by atoms with Gasteiger partial charge in [-0.1, -0.05) is 84.9 Å². The van der Waals surface area contributed by atoms with Gasteiger partial charge in [-0.3, -0.25) is 14.6 Å². The number of Topliss-reactive ketones (excluding diaryl/α,β-unsaturated/α-hetero) is 1. The molecule has 0 N–H and O–H groups in total. The Morgan fingerprint density at radius 1 is 0.771 bits per heavy atom. The average molecular weight is 460 g/mol. The van der Waals surface area contributed by atoms with Gasteiger partial charge in [0.15, 0.2) is 0 Å². The van der Waals surface area contributed by atoms with Crippen molar-refractivity contribution in [3.05, 3.63) is 137 Å². The molecule has 1 atom stereocenters. The summed E-state index contributed by atoms with van der Waals surface area (Å²) >= 11 is 0. The van der Waals surface area contributed by atoms with Crippen LogP contribution in [0, 0.1) is 0 Å². The molecule has 4 aromatic rings. The molecule has 1 aromatic heterocycles. The second kappa shape index (κ2) is 7.74. The maximum absolute atomic E-state index is 15.0. The van der Waals surface area contributed by atoms with Crippen LogP contribution in [0.1, 0.15) is 34.7 Å². The van der Waals surface area contributed by atoms with Crippen LogP contribution in [0.15, 0.2) is 115 Å². The number of carbonyl (C=O) groups excluding carboxylic acids is 2. The van der Waals surface area contributed by atoms with Gasteiger partial charge in [0.1, 0.15) is 5.41 Å². The molecular weight excluding hydrogens is 438 g/mol. The highest BCUT2D eigenvalue weighted by Gasteiger charge is 2.69. The van der Waals surface area contributed by atoms with E-state index in [9.17, 15) is 9.59 Å². The van der Waals surface area contributed by atoms with Crippen LogP contribution in [0.25, 0.3) is 0 Å². The third-order valence-electron chi connectivity index (χ3n) is 6.72. The molecule has 0 saturated carbocycles. The Kier molecular flexibility index (Phi) is 4.64. The number of hydrogen-bond donors (Lipinski definition) is 0. The number of amides is 1. The summed E-state index contributed by atoms with van der Waals surface area (Å²) in [7, 11) is 0. The van der Waals surface area contributed by atoms with Gasteiger partial charge in [0.25, 0.3) is 5.72 Å². The molecule has 1 unspecified atom stereocenters. The average Bonchev–Trinajstić information content (AvgIpc) is 3.42. The van der Waals surface area contributed by atoms with E-state index >= 15 is 0 Å². The number of carbonyl (C=O) groups is 2. The molecule has 0 bridgehead atoms. The van der Waals surface area contributed by atoms with Crippen molar-refractivity contribution in [1.29, 1.82) is 0 Å². The standard InChI is InChI=1S/C29H21N3O3/c1-20(33)32-29(35-26(31-32)21-16-18-30-19-17-21)25-15-9-8-14-24(25)28(27(29)34,22-10-4-2-5-11-22)23-12-6-3-7-13-23/h2-19H,1H3. The summed E-state index contributed by atoms with van der Waals surface area (Å²) in [5.41, 5.74) is 0.642. The van der Waals surface area contributed by atoms with Gasteiger partial charge in [-0.15, -0.1) is 5.10 Å². The minimum Gasteiger partial charge on any atom is -0.435 e. The fourth-order valence-electron chi connectivity index (χ4n) is 5.30. The van der Waals surface area contributed by atoms with Crippen LogP contribution < -0.4 is 0 Å². The molecule has 2 heterocycles. The minimum atomic E-state index is -1.74. The number of rotatable bonds is 3. The molecule has 1 aliphatic heterocycles. The van der Waals surface area contributed by atoms with Crippen LogP contribution >= 0.6 is 0 Å². The van der Waals surface area contributed by atoms with Gasteiger partial charge in [0.2, 0.25) is 17.6 Å². The van der Waals surface area contributed by atoms with E-state index in [1.54, 1.807) is 24.5 Å². The summed E-state index contributed by atoms with van der Waals surface area (Å²) < 4.78 is 6.48.